The number of esters is 3. The zero-order valence-corrected chi connectivity index (χ0v) is 50.9. The average molecular weight is 1080 g/mol. The molecule has 0 radical (unpaired) electrons. The van der Waals surface area contributed by atoms with Crippen LogP contribution in [0.5, 0.6) is 0 Å². The molecular formula is C72H120O6. The molecule has 78 heavy (non-hydrogen) atoms. The molecule has 0 aromatic rings. The maximum Gasteiger partial charge on any atom is 0.306 e. The third kappa shape index (κ3) is 62.7. The number of rotatable bonds is 58. The van der Waals surface area contributed by atoms with Gasteiger partial charge in [0.25, 0.3) is 0 Å². The monoisotopic (exact) mass is 1080 g/mol. The van der Waals surface area contributed by atoms with Gasteiger partial charge in [-0.2, -0.15) is 0 Å². The van der Waals surface area contributed by atoms with E-state index >= 15 is 0 Å². The van der Waals surface area contributed by atoms with Crippen molar-refractivity contribution in [1.82, 2.24) is 0 Å². The Morgan fingerprint density at radius 3 is 0.859 bits per heavy atom. The molecule has 0 amide bonds. The summed E-state index contributed by atoms with van der Waals surface area (Å²) < 4.78 is 16.8. The zero-order valence-electron chi connectivity index (χ0n) is 50.9. The van der Waals surface area contributed by atoms with Gasteiger partial charge in [-0.05, 0) is 109 Å². The van der Waals surface area contributed by atoms with Crippen molar-refractivity contribution in [3.63, 3.8) is 0 Å². The van der Waals surface area contributed by atoms with Crippen LogP contribution in [0.3, 0.4) is 0 Å². The highest BCUT2D eigenvalue weighted by atomic mass is 16.6. The molecule has 1 unspecified atom stereocenters. The van der Waals surface area contributed by atoms with Gasteiger partial charge >= 0.3 is 17.9 Å². The van der Waals surface area contributed by atoms with Gasteiger partial charge in [0.1, 0.15) is 13.2 Å². The molecular weight excluding hydrogens is 961 g/mol. The summed E-state index contributed by atoms with van der Waals surface area (Å²) in [6.45, 7) is 6.31. The van der Waals surface area contributed by atoms with Gasteiger partial charge in [-0.3, -0.25) is 14.4 Å². The first-order chi connectivity index (χ1) is 38.5. The summed E-state index contributed by atoms with van der Waals surface area (Å²) in [5, 5.41) is 0. The minimum atomic E-state index is -0.815. The fraction of sp³-hybridized carbons (Fsp3) is 0.681. The smallest absolute Gasteiger partial charge is 0.306 e. The van der Waals surface area contributed by atoms with E-state index in [0.717, 1.165) is 116 Å². The molecule has 1 atom stereocenters. The Hall–Kier alpha value is -4.19. The lowest BCUT2D eigenvalue weighted by atomic mass is 10.0. The van der Waals surface area contributed by atoms with E-state index in [1.807, 2.05) is 6.08 Å². The summed E-state index contributed by atoms with van der Waals surface area (Å²) in [5.74, 6) is -0.999. The summed E-state index contributed by atoms with van der Waals surface area (Å²) in [5.41, 5.74) is 0. The van der Waals surface area contributed by atoms with E-state index in [-0.39, 0.29) is 37.5 Å². The van der Waals surface area contributed by atoms with Crippen LogP contribution >= 0.6 is 0 Å². The molecule has 0 aromatic heterocycles. The molecule has 444 valence electrons. The highest BCUT2D eigenvalue weighted by molar-refractivity contribution is 5.71. The molecule has 0 N–H and O–H groups in total. The zero-order chi connectivity index (χ0) is 56.4. The van der Waals surface area contributed by atoms with Crippen LogP contribution in [-0.4, -0.2) is 37.2 Å². The third-order valence-electron chi connectivity index (χ3n) is 13.7. The van der Waals surface area contributed by atoms with Gasteiger partial charge in [0.05, 0.1) is 0 Å². The highest BCUT2D eigenvalue weighted by Crippen LogP contribution is 2.17. The molecule has 0 rings (SSSR count). The minimum Gasteiger partial charge on any atom is -0.462 e. The summed E-state index contributed by atoms with van der Waals surface area (Å²) in [4.78, 5) is 38.2. The molecule has 0 fully saturated rings. The Balaban J connectivity index is 4.17. The van der Waals surface area contributed by atoms with Crippen LogP contribution in [0.15, 0.2) is 122 Å². The van der Waals surface area contributed by atoms with E-state index in [2.05, 4.69) is 136 Å². The first-order valence-corrected chi connectivity index (χ1v) is 32.5. The first kappa shape index (κ1) is 73.8. The number of allylic oxidation sites excluding steroid dienone is 20. The lowest BCUT2D eigenvalue weighted by molar-refractivity contribution is -0.166. The number of hydrogen-bond acceptors (Lipinski definition) is 6. The fourth-order valence-electron chi connectivity index (χ4n) is 8.88. The predicted octanol–water partition coefficient (Wildman–Crippen LogP) is 22.4. The second-order valence-electron chi connectivity index (χ2n) is 21.3. The number of ether oxygens (including phenoxy) is 3. The van der Waals surface area contributed by atoms with Crippen molar-refractivity contribution >= 4 is 17.9 Å². The molecule has 0 spiro atoms. The van der Waals surface area contributed by atoms with Gasteiger partial charge < -0.3 is 14.2 Å². The largest absolute Gasteiger partial charge is 0.462 e. The van der Waals surface area contributed by atoms with E-state index < -0.39 is 6.10 Å². The number of carbonyl (C=O) groups is 3. The van der Waals surface area contributed by atoms with Crippen molar-refractivity contribution in [2.75, 3.05) is 13.2 Å². The van der Waals surface area contributed by atoms with Gasteiger partial charge in [-0.25, -0.2) is 0 Å². The van der Waals surface area contributed by atoms with Crippen LogP contribution in [-0.2, 0) is 28.6 Å². The van der Waals surface area contributed by atoms with Crippen molar-refractivity contribution in [2.24, 2.45) is 0 Å². The molecule has 0 bridgehead atoms. The van der Waals surface area contributed by atoms with Crippen LogP contribution in [0.25, 0.3) is 0 Å². The molecule has 0 aliphatic carbocycles. The van der Waals surface area contributed by atoms with Crippen molar-refractivity contribution in [3.8, 4) is 0 Å². The quantitative estimate of drug-likeness (QED) is 0.0261. The fourth-order valence-corrected chi connectivity index (χ4v) is 8.88. The second-order valence-corrected chi connectivity index (χ2v) is 21.3. The van der Waals surface area contributed by atoms with E-state index in [9.17, 15) is 14.4 Å². The van der Waals surface area contributed by atoms with Crippen molar-refractivity contribution in [1.29, 1.82) is 0 Å². The Bertz CT molecular complexity index is 1620. The third-order valence-corrected chi connectivity index (χ3v) is 13.7. The molecule has 6 nitrogen and oxygen atoms in total. The lowest BCUT2D eigenvalue weighted by Gasteiger charge is -2.18. The van der Waals surface area contributed by atoms with Gasteiger partial charge in [-0.15, -0.1) is 0 Å². The second kappa shape index (κ2) is 65.3. The van der Waals surface area contributed by atoms with Crippen LogP contribution < -0.4 is 0 Å². The summed E-state index contributed by atoms with van der Waals surface area (Å²) >= 11 is 0. The molecule has 0 heterocycles. The molecule has 0 saturated carbocycles. The van der Waals surface area contributed by atoms with Crippen LogP contribution in [0.1, 0.15) is 297 Å². The highest BCUT2D eigenvalue weighted by Gasteiger charge is 2.19. The summed E-state index contributed by atoms with van der Waals surface area (Å²) in [7, 11) is 0. The van der Waals surface area contributed by atoms with Crippen molar-refractivity contribution in [2.45, 2.75) is 303 Å². The van der Waals surface area contributed by atoms with Crippen molar-refractivity contribution in [3.05, 3.63) is 122 Å². The standard InChI is InChI=1S/C72H120O6/c1-4-7-10-13-16-19-22-25-27-28-29-30-31-32-33-34-35-36-37-38-39-40-41-42-43-44-45-48-50-53-56-59-62-65-71(74)77-68-69(67-76-70(73)64-61-58-55-52-49-46-24-21-18-15-12-9-6-3)78-72(75)66-63-60-57-54-51-47-26-23-20-17-14-11-8-5-2/h7,9-10,12,14,16-19,21,23,25-27,29-30,46,49,55,58,69H,4-6,8,11,13,15,20,22,24,28,31-45,47-48,50-54,56-57,59-68H2,1-3H3/b10-7-,12-9-,17-14-,19-16-,21-18-,26-23-,27-25-,30-29-,49-46-,58-55-. The maximum atomic E-state index is 12.9. The normalized spacial score (nSPS) is 12.9. The van der Waals surface area contributed by atoms with E-state index in [1.165, 1.54) is 135 Å². The van der Waals surface area contributed by atoms with Crippen LogP contribution in [0, 0.1) is 0 Å². The average Bonchev–Trinajstić information content (AvgIpc) is 3.44. The Kier molecular flexibility index (Phi) is 61.8. The number of unbranched alkanes of at least 4 members (excludes halogenated alkanes) is 27. The van der Waals surface area contributed by atoms with Gasteiger partial charge in [0.2, 0.25) is 0 Å². The minimum absolute atomic E-state index is 0.105. The molecule has 0 aliphatic heterocycles. The Morgan fingerprint density at radius 2 is 0.526 bits per heavy atom. The Morgan fingerprint density at radius 1 is 0.269 bits per heavy atom. The van der Waals surface area contributed by atoms with Crippen molar-refractivity contribution < 1.29 is 28.6 Å². The van der Waals surface area contributed by atoms with E-state index in [1.54, 1.807) is 0 Å². The summed E-state index contributed by atoms with van der Waals surface area (Å²) in [6, 6.07) is 0. The lowest BCUT2D eigenvalue weighted by Crippen LogP contribution is -2.30. The molecule has 6 heteroatoms. The van der Waals surface area contributed by atoms with E-state index in [0.29, 0.717) is 19.3 Å². The molecule has 0 saturated heterocycles. The van der Waals surface area contributed by atoms with Gasteiger partial charge in [-0.1, -0.05) is 290 Å². The SMILES string of the molecule is CC/C=C\C/C=C\C/C=C\C/C=C\CCCCCCCCCCCCCCCCCCCCCCC(=O)OCC(COC(=O)CC/C=C\C/C=C\C/C=C\C/C=C\CC)OC(=O)CCCCCCC/C=C\C/C=C\CCCC. The topological polar surface area (TPSA) is 78.9 Å². The Labute approximate surface area is 482 Å². The summed E-state index contributed by atoms with van der Waals surface area (Å²) in [6.07, 6.45) is 91.0. The number of hydrogen-bond donors (Lipinski definition) is 0. The van der Waals surface area contributed by atoms with Crippen LogP contribution in [0.2, 0.25) is 0 Å². The molecule has 0 aliphatic rings. The maximum absolute atomic E-state index is 12.9. The number of carbonyl (C=O) groups excluding carboxylic acids is 3. The van der Waals surface area contributed by atoms with Gasteiger partial charge in [0, 0.05) is 19.3 Å². The van der Waals surface area contributed by atoms with Gasteiger partial charge in [0.15, 0.2) is 6.10 Å². The molecule has 0 aromatic carbocycles. The predicted molar refractivity (Wildman–Crippen MR) is 339 cm³/mol. The first-order valence-electron chi connectivity index (χ1n) is 32.5. The van der Waals surface area contributed by atoms with Crippen LogP contribution in [0.4, 0.5) is 0 Å². The van der Waals surface area contributed by atoms with E-state index in [4.69, 9.17) is 14.2 Å².